The number of para-hydroxylation sites is 1. The minimum atomic E-state index is -0.412. The number of hydrogen-bond acceptors (Lipinski definition) is 5. The van der Waals surface area contributed by atoms with Gasteiger partial charge in [0, 0.05) is 5.56 Å². The van der Waals surface area contributed by atoms with E-state index in [0.717, 1.165) is 5.56 Å². The van der Waals surface area contributed by atoms with Gasteiger partial charge in [-0.25, -0.2) is 5.43 Å². The van der Waals surface area contributed by atoms with Crippen molar-refractivity contribution in [3.8, 4) is 17.6 Å². The molecule has 122 valence electrons. The molecular formula is C18H17N3O3. The second kappa shape index (κ2) is 8.34. The highest BCUT2D eigenvalue weighted by Crippen LogP contribution is 2.16. The van der Waals surface area contributed by atoms with Crippen LogP contribution in [0, 0.1) is 11.3 Å². The van der Waals surface area contributed by atoms with Crippen molar-refractivity contribution in [2.75, 3.05) is 13.7 Å². The van der Waals surface area contributed by atoms with E-state index in [9.17, 15) is 4.79 Å². The van der Waals surface area contributed by atoms with E-state index < -0.39 is 5.91 Å². The summed E-state index contributed by atoms with van der Waals surface area (Å²) in [4.78, 5) is 11.8. The Morgan fingerprint density at radius 2 is 2.04 bits per heavy atom. The Bertz CT molecular complexity index is 794. The van der Waals surface area contributed by atoms with E-state index >= 15 is 0 Å². The van der Waals surface area contributed by atoms with E-state index in [1.54, 1.807) is 38.3 Å². The van der Waals surface area contributed by atoms with Crippen LogP contribution in [0.4, 0.5) is 0 Å². The van der Waals surface area contributed by atoms with Crippen molar-refractivity contribution in [2.24, 2.45) is 5.10 Å². The van der Waals surface area contributed by atoms with Crippen molar-refractivity contribution in [1.82, 2.24) is 5.43 Å². The van der Waals surface area contributed by atoms with Gasteiger partial charge in [0.05, 0.1) is 18.4 Å². The zero-order chi connectivity index (χ0) is 17.4. The van der Waals surface area contributed by atoms with Crippen molar-refractivity contribution in [2.45, 2.75) is 6.92 Å². The average Bonchev–Trinajstić information content (AvgIpc) is 2.64. The van der Waals surface area contributed by atoms with Crippen molar-refractivity contribution in [1.29, 1.82) is 5.26 Å². The fraction of sp³-hybridized carbons (Fsp3) is 0.167. The third-order valence-electron chi connectivity index (χ3n) is 3.20. The van der Waals surface area contributed by atoms with E-state index in [1.807, 2.05) is 30.3 Å². The van der Waals surface area contributed by atoms with E-state index in [1.165, 1.54) is 0 Å². The van der Waals surface area contributed by atoms with E-state index in [4.69, 9.17) is 14.7 Å². The first-order valence-corrected chi connectivity index (χ1v) is 7.23. The van der Waals surface area contributed by atoms with Crippen LogP contribution in [0.2, 0.25) is 0 Å². The second-order valence-corrected chi connectivity index (χ2v) is 4.86. The van der Waals surface area contributed by atoms with Crippen molar-refractivity contribution >= 4 is 11.6 Å². The summed E-state index contributed by atoms with van der Waals surface area (Å²) in [7, 11) is 1.59. The number of hydrazone groups is 1. The van der Waals surface area contributed by atoms with Crippen molar-refractivity contribution in [3.05, 3.63) is 59.7 Å². The van der Waals surface area contributed by atoms with E-state index in [0.29, 0.717) is 22.8 Å². The summed E-state index contributed by atoms with van der Waals surface area (Å²) in [6, 6.07) is 16.1. The molecule has 0 aliphatic heterocycles. The van der Waals surface area contributed by atoms with E-state index in [2.05, 4.69) is 10.5 Å². The van der Waals surface area contributed by atoms with Gasteiger partial charge in [-0.3, -0.25) is 4.79 Å². The Morgan fingerprint density at radius 1 is 1.25 bits per heavy atom. The summed E-state index contributed by atoms with van der Waals surface area (Å²) in [5.41, 5.74) is 4.28. The Kier molecular flexibility index (Phi) is 5.92. The summed E-state index contributed by atoms with van der Waals surface area (Å²) < 4.78 is 10.5. The molecule has 0 aliphatic rings. The molecule has 1 amide bonds. The zero-order valence-corrected chi connectivity index (χ0v) is 13.4. The van der Waals surface area contributed by atoms with Crippen LogP contribution >= 0.6 is 0 Å². The number of carbonyl (C=O) groups is 1. The number of ether oxygens (including phenoxy) is 2. The minimum Gasteiger partial charge on any atom is -0.497 e. The number of hydrogen-bond donors (Lipinski definition) is 1. The lowest BCUT2D eigenvalue weighted by molar-refractivity contribution is -0.123. The average molecular weight is 323 g/mol. The monoisotopic (exact) mass is 323 g/mol. The summed E-state index contributed by atoms with van der Waals surface area (Å²) in [6.45, 7) is 1.55. The maximum atomic E-state index is 11.8. The van der Waals surface area contributed by atoms with Crippen LogP contribution < -0.4 is 14.9 Å². The summed E-state index contributed by atoms with van der Waals surface area (Å²) in [5.74, 6) is 0.665. The molecule has 6 nitrogen and oxygen atoms in total. The highest BCUT2D eigenvalue weighted by atomic mass is 16.5. The number of nitriles is 1. The molecule has 1 N–H and O–H groups in total. The predicted octanol–water partition coefficient (Wildman–Crippen LogP) is 2.49. The molecule has 2 aromatic rings. The molecule has 0 radical (unpaired) electrons. The first-order valence-electron chi connectivity index (χ1n) is 7.23. The van der Waals surface area contributed by atoms with Crippen LogP contribution in [0.1, 0.15) is 18.1 Å². The Morgan fingerprint density at radius 3 is 2.79 bits per heavy atom. The van der Waals surface area contributed by atoms with Gasteiger partial charge in [-0.2, -0.15) is 10.4 Å². The lowest BCUT2D eigenvalue weighted by atomic mass is 10.1. The topological polar surface area (TPSA) is 83.7 Å². The van der Waals surface area contributed by atoms with Crippen LogP contribution in [0.15, 0.2) is 53.6 Å². The number of carbonyl (C=O) groups excluding carboxylic acids is 1. The number of methoxy groups -OCH3 is 1. The van der Waals surface area contributed by atoms with Crippen LogP contribution in [0.5, 0.6) is 11.5 Å². The number of amides is 1. The molecule has 0 atom stereocenters. The van der Waals surface area contributed by atoms with Crippen LogP contribution in [-0.2, 0) is 4.79 Å². The van der Waals surface area contributed by atoms with Crippen LogP contribution in [0.3, 0.4) is 0 Å². The molecule has 0 aliphatic carbocycles. The predicted molar refractivity (Wildman–Crippen MR) is 90.0 cm³/mol. The second-order valence-electron chi connectivity index (χ2n) is 4.86. The van der Waals surface area contributed by atoms with Gasteiger partial charge < -0.3 is 9.47 Å². The standard InChI is InChI=1S/C18H17N3O3/c1-13(14-7-5-8-16(10-14)23-2)20-21-18(22)12-24-17-9-4-3-6-15(17)11-19/h3-10H,12H2,1-2H3,(H,21,22)/b20-13-. The fourth-order valence-electron chi connectivity index (χ4n) is 1.92. The molecule has 2 rings (SSSR count). The van der Waals surface area contributed by atoms with Gasteiger partial charge in [-0.05, 0) is 31.2 Å². The minimum absolute atomic E-state index is 0.229. The lowest BCUT2D eigenvalue weighted by Gasteiger charge is -2.07. The number of rotatable bonds is 6. The number of nitrogens with zero attached hydrogens (tertiary/aromatic N) is 2. The summed E-state index contributed by atoms with van der Waals surface area (Å²) in [5, 5.41) is 13.0. The highest BCUT2D eigenvalue weighted by Gasteiger charge is 2.06. The number of nitrogens with one attached hydrogen (secondary N) is 1. The Labute approximate surface area is 140 Å². The molecule has 0 bridgehead atoms. The quantitative estimate of drug-likeness (QED) is 0.654. The van der Waals surface area contributed by atoms with Gasteiger partial charge in [0.1, 0.15) is 17.6 Å². The van der Waals surface area contributed by atoms with Gasteiger partial charge in [0.25, 0.3) is 5.91 Å². The normalized spacial score (nSPS) is 10.6. The molecule has 0 unspecified atom stereocenters. The molecule has 0 fully saturated rings. The van der Waals surface area contributed by atoms with Gasteiger partial charge in [0.15, 0.2) is 6.61 Å². The third kappa shape index (κ3) is 4.58. The first-order chi connectivity index (χ1) is 11.6. The van der Waals surface area contributed by atoms with Gasteiger partial charge in [-0.15, -0.1) is 0 Å². The lowest BCUT2D eigenvalue weighted by Crippen LogP contribution is -2.25. The largest absolute Gasteiger partial charge is 0.497 e. The van der Waals surface area contributed by atoms with Crippen molar-refractivity contribution in [3.63, 3.8) is 0 Å². The first kappa shape index (κ1) is 17.0. The molecule has 2 aromatic carbocycles. The van der Waals surface area contributed by atoms with Crippen LogP contribution in [-0.4, -0.2) is 25.3 Å². The smallest absolute Gasteiger partial charge is 0.277 e. The summed E-state index contributed by atoms with van der Waals surface area (Å²) >= 11 is 0. The maximum absolute atomic E-state index is 11.8. The summed E-state index contributed by atoms with van der Waals surface area (Å²) in [6.07, 6.45) is 0. The molecule has 24 heavy (non-hydrogen) atoms. The Hall–Kier alpha value is -3.33. The third-order valence-corrected chi connectivity index (χ3v) is 3.20. The molecule has 0 saturated heterocycles. The number of benzene rings is 2. The van der Waals surface area contributed by atoms with E-state index in [-0.39, 0.29) is 6.61 Å². The fourth-order valence-corrected chi connectivity index (χ4v) is 1.92. The SMILES string of the molecule is COc1cccc(/C(C)=N\NC(=O)COc2ccccc2C#N)c1. The van der Waals surface area contributed by atoms with Crippen LogP contribution in [0.25, 0.3) is 0 Å². The molecular weight excluding hydrogens is 306 g/mol. The van der Waals surface area contributed by atoms with Gasteiger partial charge in [0.2, 0.25) is 0 Å². The molecule has 0 aromatic heterocycles. The van der Waals surface area contributed by atoms with Gasteiger partial charge in [-0.1, -0.05) is 24.3 Å². The maximum Gasteiger partial charge on any atom is 0.277 e. The van der Waals surface area contributed by atoms with Gasteiger partial charge >= 0.3 is 0 Å². The molecule has 0 heterocycles. The Balaban J connectivity index is 1.93. The zero-order valence-electron chi connectivity index (χ0n) is 13.4. The molecule has 0 spiro atoms. The molecule has 0 saturated carbocycles. The molecule has 6 heteroatoms. The highest BCUT2D eigenvalue weighted by molar-refractivity contribution is 5.99. The van der Waals surface area contributed by atoms with Crippen molar-refractivity contribution < 1.29 is 14.3 Å².